The highest BCUT2D eigenvalue weighted by Gasteiger charge is 2.32. The Balaban J connectivity index is 1.58. The first kappa shape index (κ1) is 16.3. The van der Waals surface area contributed by atoms with Crippen LogP contribution in [0, 0.1) is 0 Å². The van der Waals surface area contributed by atoms with Crippen molar-refractivity contribution in [2.45, 2.75) is 63.7 Å². The van der Waals surface area contributed by atoms with Gasteiger partial charge in [-0.15, -0.1) is 0 Å². The van der Waals surface area contributed by atoms with Gasteiger partial charge in [0.15, 0.2) is 0 Å². The van der Waals surface area contributed by atoms with E-state index >= 15 is 0 Å². The first-order chi connectivity index (χ1) is 12.3. The second-order valence-electron chi connectivity index (χ2n) is 7.10. The molecule has 1 fully saturated rings. The molecular weight excluding hydrogens is 312 g/mol. The van der Waals surface area contributed by atoms with Crippen molar-refractivity contribution in [3.05, 3.63) is 53.3 Å². The van der Waals surface area contributed by atoms with Crippen LogP contribution < -0.4 is 10.6 Å². The third-order valence-electron chi connectivity index (χ3n) is 5.25. The van der Waals surface area contributed by atoms with Gasteiger partial charge in [0.1, 0.15) is 6.04 Å². The number of carbonyl (C=O) groups excluding carboxylic acids is 1. The first-order valence-corrected chi connectivity index (χ1v) is 9.42. The van der Waals surface area contributed by atoms with E-state index in [2.05, 4.69) is 27.3 Å². The molecule has 0 saturated heterocycles. The molecule has 0 spiro atoms. The van der Waals surface area contributed by atoms with Gasteiger partial charge in [-0.2, -0.15) is 5.10 Å². The van der Waals surface area contributed by atoms with Gasteiger partial charge in [-0.25, -0.2) is 0 Å². The molecule has 1 saturated carbocycles. The Labute approximate surface area is 148 Å². The molecule has 0 unspecified atom stereocenters. The summed E-state index contributed by atoms with van der Waals surface area (Å²) < 4.78 is 2.09. The van der Waals surface area contributed by atoms with Crippen LogP contribution in [0.15, 0.2) is 36.5 Å². The summed E-state index contributed by atoms with van der Waals surface area (Å²) in [5.74, 6) is 0.0868. The van der Waals surface area contributed by atoms with E-state index in [1.54, 1.807) is 0 Å². The van der Waals surface area contributed by atoms with Crippen LogP contribution in [0.25, 0.3) is 0 Å². The standard InChI is InChI=1S/C20H26N4O/c1-2-24-18-10-6-9-17(16(18)13-21-24)23-19(14-7-4-3-5-8-14)20(25)22-15-11-12-15/h3-5,7-8,13,15,17,19,23H,2,6,9-12H2,1H3,(H,22,25)/t17-,19+/m1/s1. The van der Waals surface area contributed by atoms with Crippen LogP contribution in [0.5, 0.6) is 0 Å². The summed E-state index contributed by atoms with van der Waals surface area (Å²) in [6.45, 7) is 3.02. The van der Waals surface area contributed by atoms with E-state index in [1.165, 1.54) is 11.3 Å². The number of aryl methyl sites for hydroxylation is 1. The third-order valence-corrected chi connectivity index (χ3v) is 5.25. The number of benzene rings is 1. The molecule has 2 aliphatic carbocycles. The molecule has 4 rings (SSSR count). The molecule has 0 aliphatic heterocycles. The highest BCUT2D eigenvalue weighted by molar-refractivity contribution is 5.83. The first-order valence-electron chi connectivity index (χ1n) is 9.42. The van der Waals surface area contributed by atoms with Crippen LogP contribution in [0.3, 0.4) is 0 Å². The largest absolute Gasteiger partial charge is 0.352 e. The van der Waals surface area contributed by atoms with Gasteiger partial charge < -0.3 is 5.32 Å². The number of nitrogens with one attached hydrogen (secondary N) is 2. The van der Waals surface area contributed by atoms with Crippen LogP contribution in [-0.2, 0) is 17.8 Å². The van der Waals surface area contributed by atoms with E-state index in [0.717, 1.165) is 44.2 Å². The second kappa shape index (κ2) is 7.00. The summed E-state index contributed by atoms with van der Waals surface area (Å²) in [4.78, 5) is 12.8. The number of hydrogen-bond acceptors (Lipinski definition) is 3. The van der Waals surface area contributed by atoms with Crippen molar-refractivity contribution < 1.29 is 4.79 Å². The van der Waals surface area contributed by atoms with Gasteiger partial charge >= 0.3 is 0 Å². The zero-order valence-electron chi connectivity index (χ0n) is 14.7. The minimum Gasteiger partial charge on any atom is -0.352 e. The average molecular weight is 338 g/mol. The number of aromatic nitrogens is 2. The van der Waals surface area contributed by atoms with Crippen molar-refractivity contribution in [2.24, 2.45) is 0 Å². The van der Waals surface area contributed by atoms with Crippen LogP contribution in [0.4, 0.5) is 0 Å². The lowest BCUT2D eigenvalue weighted by Crippen LogP contribution is -2.40. The molecule has 0 bridgehead atoms. The fourth-order valence-electron chi connectivity index (χ4n) is 3.75. The lowest BCUT2D eigenvalue weighted by Gasteiger charge is -2.29. The second-order valence-corrected chi connectivity index (χ2v) is 7.10. The molecule has 0 radical (unpaired) electrons. The number of nitrogens with zero attached hydrogens (tertiary/aromatic N) is 2. The predicted octanol–water partition coefficient (Wildman–Crippen LogP) is 2.89. The molecule has 2 N–H and O–H groups in total. The Hall–Kier alpha value is -2.14. The molecule has 2 aromatic rings. The molecule has 2 atom stereocenters. The van der Waals surface area contributed by atoms with E-state index in [0.29, 0.717) is 6.04 Å². The normalized spacial score (nSPS) is 20.8. The molecule has 1 aromatic carbocycles. The molecule has 1 heterocycles. The summed E-state index contributed by atoms with van der Waals surface area (Å²) in [6.07, 6.45) is 7.43. The fourth-order valence-corrected chi connectivity index (χ4v) is 3.75. The Morgan fingerprint density at radius 2 is 2.08 bits per heavy atom. The van der Waals surface area contributed by atoms with Crippen LogP contribution in [0.1, 0.15) is 61.5 Å². The Morgan fingerprint density at radius 3 is 2.80 bits per heavy atom. The molecule has 5 heteroatoms. The highest BCUT2D eigenvalue weighted by atomic mass is 16.2. The zero-order valence-corrected chi connectivity index (χ0v) is 14.7. The summed E-state index contributed by atoms with van der Waals surface area (Å²) in [7, 11) is 0. The summed E-state index contributed by atoms with van der Waals surface area (Å²) in [5.41, 5.74) is 3.60. The maximum Gasteiger partial charge on any atom is 0.241 e. The average Bonchev–Trinajstić information content (AvgIpc) is 3.35. The number of rotatable bonds is 6. The molecular formula is C20H26N4O. The molecule has 25 heavy (non-hydrogen) atoms. The van der Waals surface area contributed by atoms with Gasteiger partial charge in [-0.1, -0.05) is 30.3 Å². The molecule has 5 nitrogen and oxygen atoms in total. The van der Waals surface area contributed by atoms with E-state index in [-0.39, 0.29) is 18.0 Å². The number of amides is 1. The van der Waals surface area contributed by atoms with E-state index in [9.17, 15) is 4.79 Å². The summed E-state index contributed by atoms with van der Waals surface area (Å²) in [6, 6.07) is 10.3. The molecule has 1 amide bonds. The van der Waals surface area contributed by atoms with Crippen molar-refractivity contribution in [2.75, 3.05) is 0 Å². The zero-order chi connectivity index (χ0) is 17.2. The minimum atomic E-state index is -0.317. The smallest absolute Gasteiger partial charge is 0.241 e. The number of fused-ring (bicyclic) bond motifs is 1. The van der Waals surface area contributed by atoms with Crippen molar-refractivity contribution in [3.63, 3.8) is 0 Å². The summed E-state index contributed by atoms with van der Waals surface area (Å²) >= 11 is 0. The molecule has 1 aromatic heterocycles. The maximum absolute atomic E-state index is 12.8. The predicted molar refractivity (Wildman–Crippen MR) is 97.1 cm³/mol. The quantitative estimate of drug-likeness (QED) is 0.851. The van der Waals surface area contributed by atoms with Crippen molar-refractivity contribution in [1.29, 1.82) is 0 Å². The number of carbonyl (C=O) groups is 1. The van der Waals surface area contributed by atoms with Gasteiger partial charge in [-0.05, 0) is 44.6 Å². The minimum absolute atomic E-state index is 0.0868. The maximum atomic E-state index is 12.8. The van der Waals surface area contributed by atoms with Gasteiger partial charge in [-0.3, -0.25) is 14.8 Å². The highest BCUT2D eigenvalue weighted by Crippen LogP contribution is 2.32. The van der Waals surface area contributed by atoms with Gasteiger partial charge in [0.05, 0.1) is 6.20 Å². The van der Waals surface area contributed by atoms with Crippen LogP contribution >= 0.6 is 0 Å². The van der Waals surface area contributed by atoms with Crippen molar-refractivity contribution in [3.8, 4) is 0 Å². The monoisotopic (exact) mass is 338 g/mol. The van der Waals surface area contributed by atoms with E-state index in [1.807, 2.05) is 36.5 Å². The third kappa shape index (κ3) is 3.47. The van der Waals surface area contributed by atoms with Crippen LogP contribution in [-0.4, -0.2) is 21.7 Å². The van der Waals surface area contributed by atoms with E-state index < -0.39 is 0 Å². The topological polar surface area (TPSA) is 59.0 Å². The molecule has 2 aliphatic rings. The van der Waals surface area contributed by atoms with Crippen molar-refractivity contribution in [1.82, 2.24) is 20.4 Å². The lowest BCUT2D eigenvalue weighted by atomic mass is 9.91. The van der Waals surface area contributed by atoms with Crippen molar-refractivity contribution >= 4 is 5.91 Å². The van der Waals surface area contributed by atoms with Gasteiger partial charge in [0, 0.05) is 29.9 Å². The number of hydrogen-bond donors (Lipinski definition) is 2. The Morgan fingerprint density at radius 1 is 1.28 bits per heavy atom. The molecule has 132 valence electrons. The van der Waals surface area contributed by atoms with Gasteiger partial charge in [0.25, 0.3) is 0 Å². The lowest BCUT2D eigenvalue weighted by molar-refractivity contribution is -0.123. The SMILES string of the molecule is CCn1ncc2c1CCC[C@H]2N[C@H](C(=O)NC1CC1)c1ccccc1. The Bertz CT molecular complexity index is 735. The Kier molecular flexibility index (Phi) is 4.57. The van der Waals surface area contributed by atoms with E-state index in [4.69, 9.17) is 0 Å². The van der Waals surface area contributed by atoms with Crippen LogP contribution in [0.2, 0.25) is 0 Å². The fraction of sp³-hybridized carbons (Fsp3) is 0.500. The summed E-state index contributed by atoms with van der Waals surface area (Å²) in [5, 5.41) is 11.3. The van der Waals surface area contributed by atoms with Gasteiger partial charge in [0.2, 0.25) is 5.91 Å².